The second kappa shape index (κ2) is 8.26. The van der Waals surface area contributed by atoms with E-state index in [1.807, 2.05) is 24.0 Å². The van der Waals surface area contributed by atoms with Crippen molar-refractivity contribution < 1.29 is 9.53 Å². The number of aryl methyl sites for hydroxylation is 2. The molecule has 138 valence electrons. The highest BCUT2D eigenvalue weighted by Crippen LogP contribution is 2.32. The molecule has 0 saturated carbocycles. The Morgan fingerprint density at radius 1 is 1.19 bits per heavy atom. The quantitative estimate of drug-likeness (QED) is 0.844. The van der Waals surface area contributed by atoms with E-state index in [-0.39, 0.29) is 12.1 Å². The van der Waals surface area contributed by atoms with Crippen molar-refractivity contribution in [3.8, 4) is 5.75 Å². The number of carbonyl (C=O) groups excluding carboxylic acids is 1. The largest absolute Gasteiger partial charge is 0.494 e. The standard InChI is InChI=1S/C22H28N2O2/c1-4-26-20-11-9-18(10-12-20)21-6-5-13-24(21)22(25)23-15-19-8-7-16(2)14-17(19)3/h7-12,14,21H,4-6,13,15H2,1-3H3,(H,23,25). The number of amides is 2. The highest BCUT2D eigenvalue weighted by Gasteiger charge is 2.29. The number of carbonyl (C=O) groups is 1. The van der Waals surface area contributed by atoms with Gasteiger partial charge in [0, 0.05) is 13.1 Å². The Kier molecular flexibility index (Phi) is 5.82. The molecule has 0 aliphatic carbocycles. The number of hydrogen-bond acceptors (Lipinski definition) is 2. The zero-order valence-corrected chi connectivity index (χ0v) is 15.9. The van der Waals surface area contributed by atoms with Crippen LogP contribution in [-0.4, -0.2) is 24.1 Å². The summed E-state index contributed by atoms with van der Waals surface area (Å²) in [6.07, 6.45) is 2.04. The van der Waals surface area contributed by atoms with Crippen molar-refractivity contribution in [2.45, 2.75) is 46.2 Å². The first kappa shape index (κ1) is 18.3. The highest BCUT2D eigenvalue weighted by atomic mass is 16.5. The maximum absolute atomic E-state index is 12.7. The highest BCUT2D eigenvalue weighted by molar-refractivity contribution is 5.75. The lowest BCUT2D eigenvalue weighted by Crippen LogP contribution is -2.39. The molecule has 4 heteroatoms. The van der Waals surface area contributed by atoms with Gasteiger partial charge in [-0.3, -0.25) is 0 Å². The SMILES string of the molecule is CCOc1ccc(C2CCCN2C(=O)NCc2ccc(C)cc2C)cc1. The van der Waals surface area contributed by atoms with Gasteiger partial charge in [0.1, 0.15) is 5.75 Å². The lowest BCUT2D eigenvalue weighted by molar-refractivity contribution is 0.192. The third kappa shape index (κ3) is 4.18. The molecule has 1 saturated heterocycles. The van der Waals surface area contributed by atoms with E-state index in [0.717, 1.165) is 25.1 Å². The fourth-order valence-corrected chi connectivity index (χ4v) is 3.63. The number of nitrogens with one attached hydrogen (secondary N) is 1. The van der Waals surface area contributed by atoms with E-state index in [2.05, 4.69) is 49.5 Å². The molecule has 26 heavy (non-hydrogen) atoms. The Labute approximate surface area is 156 Å². The maximum Gasteiger partial charge on any atom is 0.318 e. The van der Waals surface area contributed by atoms with Crippen LogP contribution in [0.25, 0.3) is 0 Å². The zero-order valence-electron chi connectivity index (χ0n) is 15.9. The molecule has 1 atom stereocenters. The Hall–Kier alpha value is -2.49. The van der Waals surface area contributed by atoms with Gasteiger partial charge in [-0.25, -0.2) is 4.79 Å². The molecule has 3 rings (SSSR count). The Morgan fingerprint density at radius 3 is 2.65 bits per heavy atom. The summed E-state index contributed by atoms with van der Waals surface area (Å²) >= 11 is 0. The summed E-state index contributed by atoms with van der Waals surface area (Å²) < 4.78 is 5.51. The maximum atomic E-state index is 12.7. The fraction of sp³-hybridized carbons (Fsp3) is 0.409. The second-order valence-corrected chi connectivity index (χ2v) is 6.94. The van der Waals surface area contributed by atoms with Gasteiger partial charge in [-0.2, -0.15) is 0 Å². The Bertz CT molecular complexity index is 755. The number of ether oxygens (including phenoxy) is 1. The average Bonchev–Trinajstić information content (AvgIpc) is 3.11. The summed E-state index contributed by atoms with van der Waals surface area (Å²) in [5.74, 6) is 0.875. The van der Waals surface area contributed by atoms with Crippen LogP contribution in [0.15, 0.2) is 42.5 Å². The van der Waals surface area contributed by atoms with Gasteiger partial charge in [-0.05, 0) is 62.4 Å². The second-order valence-electron chi connectivity index (χ2n) is 6.94. The lowest BCUT2D eigenvalue weighted by atomic mass is 10.0. The van der Waals surface area contributed by atoms with E-state index in [9.17, 15) is 4.79 Å². The van der Waals surface area contributed by atoms with Gasteiger partial charge in [-0.15, -0.1) is 0 Å². The predicted molar refractivity (Wildman–Crippen MR) is 104 cm³/mol. The van der Waals surface area contributed by atoms with Crippen molar-refractivity contribution in [1.82, 2.24) is 10.2 Å². The van der Waals surface area contributed by atoms with Crippen LogP contribution in [0.3, 0.4) is 0 Å². The molecule has 1 aliphatic rings. The predicted octanol–water partition coefficient (Wildman–Crippen LogP) is 4.75. The minimum Gasteiger partial charge on any atom is -0.494 e. The number of hydrogen-bond donors (Lipinski definition) is 1. The van der Waals surface area contributed by atoms with Crippen LogP contribution < -0.4 is 10.1 Å². The van der Waals surface area contributed by atoms with Crippen molar-refractivity contribution in [1.29, 1.82) is 0 Å². The van der Waals surface area contributed by atoms with Crippen LogP contribution in [0.5, 0.6) is 5.75 Å². The summed E-state index contributed by atoms with van der Waals surface area (Å²) in [7, 11) is 0. The molecule has 2 aromatic carbocycles. The summed E-state index contributed by atoms with van der Waals surface area (Å²) in [5.41, 5.74) is 4.80. The number of urea groups is 1. The first-order valence-electron chi connectivity index (χ1n) is 9.42. The molecule has 4 nitrogen and oxygen atoms in total. The molecule has 1 N–H and O–H groups in total. The van der Waals surface area contributed by atoms with Gasteiger partial charge in [0.15, 0.2) is 0 Å². The van der Waals surface area contributed by atoms with Crippen LogP contribution in [0.2, 0.25) is 0 Å². The van der Waals surface area contributed by atoms with Crippen LogP contribution in [0, 0.1) is 13.8 Å². The third-order valence-corrected chi connectivity index (χ3v) is 5.02. The minimum absolute atomic E-state index is 0.0151. The monoisotopic (exact) mass is 352 g/mol. The van der Waals surface area contributed by atoms with Gasteiger partial charge in [0.25, 0.3) is 0 Å². The molecule has 0 aromatic heterocycles. The molecule has 2 aromatic rings. The summed E-state index contributed by atoms with van der Waals surface area (Å²) in [6.45, 7) is 8.19. The van der Waals surface area contributed by atoms with Crippen molar-refractivity contribution >= 4 is 6.03 Å². The van der Waals surface area contributed by atoms with Gasteiger partial charge < -0.3 is 15.0 Å². The zero-order chi connectivity index (χ0) is 18.5. The Morgan fingerprint density at radius 2 is 1.96 bits per heavy atom. The van der Waals surface area contributed by atoms with Crippen LogP contribution in [0.1, 0.15) is 48.1 Å². The molecule has 1 aliphatic heterocycles. The molecule has 0 radical (unpaired) electrons. The smallest absolute Gasteiger partial charge is 0.318 e. The van der Waals surface area contributed by atoms with Gasteiger partial charge in [0.2, 0.25) is 0 Å². The lowest BCUT2D eigenvalue weighted by Gasteiger charge is -2.25. The fourth-order valence-electron chi connectivity index (χ4n) is 3.63. The van der Waals surface area contributed by atoms with Gasteiger partial charge in [0.05, 0.1) is 12.6 Å². The molecule has 2 amide bonds. The molecular formula is C22H28N2O2. The van der Waals surface area contributed by atoms with Crippen molar-refractivity contribution in [2.24, 2.45) is 0 Å². The van der Waals surface area contributed by atoms with Crippen LogP contribution in [-0.2, 0) is 6.54 Å². The van der Waals surface area contributed by atoms with E-state index in [1.165, 1.54) is 22.3 Å². The van der Waals surface area contributed by atoms with E-state index < -0.39 is 0 Å². The van der Waals surface area contributed by atoms with Crippen molar-refractivity contribution in [3.63, 3.8) is 0 Å². The number of likely N-dealkylation sites (tertiary alicyclic amines) is 1. The number of rotatable bonds is 5. The van der Waals surface area contributed by atoms with Crippen molar-refractivity contribution in [3.05, 3.63) is 64.7 Å². The first-order valence-corrected chi connectivity index (χ1v) is 9.42. The van der Waals surface area contributed by atoms with Crippen LogP contribution >= 0.6 is 0 Å². The molecular weight excluding hydrogens is 324 g/mol. The van der Waals surface area contributed by atoms with E-state index >= 15 is 0 Å². The first-order chi connectivity index (χ1) is 12.6. The topological polar surface area (TPSA) is 41.6 Å². The number of benzene rings is 2. The third-order valence-electron chi connectivity index (χ3n) is 5.02. The number of nitrogens with zero attached hydrogens (tertiary/aromatic N) is 1. The van der Waals surface area contributed by atoms with Gasteiger partial charge >= 0.3 is 6.03 Å². The van der Waals surface area contributed by atoms with Gasteiger partial charge in [-0.1, -0.05) is 35.9 Å². The van der Waals surface area contributed by atoms with E-state index in [1.54, 1.807) is 0 Å². The summed E-state index contributed by atoms with van der Waals surface area (Å²) in [4.78, 5) is 14.7. The van der Waals surface area contributed by atoms with Crippen LogP contribution in [0.4, 0.5) is 4.79 Å². The molecule has 0 spiro atoms. The normalized spacial score (nSPS) is 16.6. The summed E-state index contributed by atoms with van der Waals surface area (Å²) in [5, 5.41) is 3.09. The molecule has 1 fully saturated rings. The molecule has 1 heterocycles. The molecule has 0 bridgehead atoms. The average molecular weight is 352 g/mol. The van der Waals surface area contributed by atoms with Crippen molar-refractivity contribution in [2.75, 3.05) is 13.2 Å². The minimum atomic E-state index is 0.0151. The van der Waals surface area contributed by atoms with E-state index in [4.69, 9.17) is 4.74 Å². The molecule has 1 unspecified atom stereocenters. The Balaban J connectivity index is 1.64. The summed E-state index contributed by atoms with van der Waals surface area (Å²) in [6, 6.07) is 14.6. The van der Waals surface area contributed by atoms with E-state index in [0.29, 0.717) is 13.2 Å².